The quantitative estimate of drug-likeness (QED) is 0.642. The van der Waals surface area contributed by atoms with E-state index < -0.39 is 0 Å². The third-order valence-corrected chi connectivity index (χ3v) is 1.99. The van der Waals surface area contributed by atoms with Gasteiger partial charge in [0.25, 0.3) is 0 Å². The first kappa shape index (κ1) is 8.10. The highest BCUT2D eigenvalue weighted by Crippen LogP contribution is 2.10. The van der Waals surface area contributed by atoms with E-state index in [2.05, 4.69) is 26.4 Å². The number of fused-ring (bicyclic) bond motifs is 1. The van der Waals surface area contributed by atoms with E-state index in [4.69, 9.17) is 0 Å². The largest absolute Gasteiger partial charge is 0.333 e. The van der Waals surface area contributed by atoms with E-state index in [-0.39, 0.29) is 5.82 Å². The summed E-state index contributed by atoms with van der Waals surface area (Å²) in [6.07, 6.45) is 5.44. The summed E-state index contributed by atoms with van der Waals surface area (Å²) in [6, 6.07) is 2.88. The standard InChI is InChI=1S/C9H5FN5/c10-6-1-2-8(11-3-6)15-4-7-9(14-15)13-5-12-7/h1-4H,(H,12,13,14). The number of aromatic amines is 1. The van der Waals surface area contributed by atoms with Gasteiger partial charge in [0.1, 0.15) is 11.3 Å². The van der Waals surface area contributed by atoms with Crippen molar-refractivity contribution >= 4 is 11.2 Å². The van der Waals surface area contributed by atoms with Gasteiger partial charge in [-0.2, -0.15) is 0 Å². The predicted octanol–water partition coefficient (Wildman–Crippen LogP) is 1.08. The zero-order valence-corrected chi connectivity index (χ0v) is 7.48. The molecular formula is C9H5FN5. The minimum atomic E-state index is -0.372. The first-order valence-electron chi connectivity index (χ1n) is 4.26. The SMILES string of the molecule is Fc1ccc(-n2cc3[nH][c]nc3n2)nc1. The molecule has 15 heavy (non-hydrogen) atoms. The van der Waals surface area contributed by atoms with Crippen LogP contribution >= 0.6 is 0 Å². The Morgan fingerprint density at radius 2 is 2.33 bits per heavy atom. The number of halogens is 1. The van der Waals surface area contributed by atoms with Gasteiger partial charge in [-0.25, -0.2) is 19.0 Å². The van der Waals surface area contributed by atoms with E-state index in [1.165, 1.54) is 10.7 Å². The molecule has 3 rings (SSSR count). The normalized spacial score (nSPS) is 11.0. The number of hydrogen-bond acceptors (Lipinski definition) is 3. The average molecular weight is 202 g/mol. The fourth-order valence-corrected chi connectivity index (χ4v) is 1.30. The Kier molecular flexibility index (Phi) is 1.55. The van der Waals surface area contributed by atoms with Gasteiger partial charge in [-0.15, -0.1) is 5.10 Å². The van der Waals surface area contributed by atoms with E-state index in [9.17, 15) is 4.39 Å². The fourth-order valence-electron chi connectivity index (χ4n) is 1.30. The number of nitrogens with zero attached hydrogens (tertiary/aromatic N) is 4. The molecule has 5 nitrogen and oxygen atoms in total. The van der Waals surface area contributed by atoms with Crippen LogP contribution in [0.2, 0.25) is 0 Å². The van der Waals surface area contributed by atoms with Crippen LogP contribution in [0.5, 0.6) is 0 Å². The maximum Gasteiger partial charge on any atom is 0.200 e. The Balaban J connectivity index is 2.13. The molecule has 0 aromatic carbocycles. The molecule has 1 N–H and O–H groups in total. The summed E-state index contributed by atoms with van der Waals surface area (Å²) in [6.45, 7) is 0. The maximum absolute atomic E-state index is 12.6. The Bertz CT molecular complexity index is 566. The molecule has 0 unspecified atom stereocenters. The highest BCUT2D eigenvalue weighted by atomic mass is 19.1. The van der Waals surface area contributed by atoms with Gasteiger partial charge in [-0.3, -0.25) is 0 Å². The first-order chi connectivity index (χ1) is 7.33. The third kappa shape index (κ3) is 1.26. The maximum atomic E-state index is 12.6. The van der Waals surface area contributed by atoms with Crippen molar-refractivity contribution in [2.45, 2.75) is 0 Å². The molecule has 0 aliphatic heterocycles. The second-order valence-corrected chi connectivity index (χ2v) is 2.99. The van der Waals surface area contributed by atoms with Crippen LogP contribution in [-0.2, 0) is 0 Å². The van der Waals surface area contributed by atoms with Gasteiger partial charge >= 0.3 is 0 Å². The number of nitrogens with one attached hydrogen (secondary N) is 1. The zero-order chi connectivity index (χ0) is 10.3. The minimum Gasteiger partial charge on any atom is -0.333 e. The monoisotopic (exact) mass is 202 g/mol. The number of imidazole rings is 1. The fraction of sp³-hybridized carbons (Fsp3) is 0. The summed E-state index contributed by atoms with van der Waals surface area (Å²) in [4.78, 5) is 10.6. The Morgan fingerprint density at radius 1 is 1.40 bits per heavy atom. The van der Waals surface area contributed by atoms with E-state index in [1.807, 2.05) is 0 Å². The molecule has 6 heteroatoms. The van der Waals surface area contributed by atoms with E-state index >= 15 is 0 Å². The molecule has 1 radical (unpaired) electrons. The van der Waals surface area contributed by atoms with Crippen LogP contribution in [-0.4, -0.2) is 24.7 Å². The molecule has 3 aromatic rings. The van der Waals surface area contributed by atoms with Gasteiger partial charge in [0.2, 0.25) is 0 Å². The smallest absolute Gasteiger partial charge is 0.200 e. The van der Waals surface area contributed by atoms with Crippen LogP contribution in [0.3, 0.4) is 0 Å². The molecule has 0 aliphatic rings. The van der Waals surface area contributed by atoms with Gasteiger partial charge in [-0.05, 0) is 12.1 Å². The van der Waals surface area contributed by atoms with Crippen molar-refractivity contribution in [1.82, 2.24) is 24.7 Å². The molecule has 0 saturated heterocycles. The highest BCUT2D eigenvalue weighted by Gasteiger charge is 2.05. The second-order valence-electron chi connectivity index (χ2n) is 2.99. The topological polar surface area (TPSA) is 59.4 Å². The van der Waals surface area contributed by atoms with Crippen molar-refractivity contribution < 1.29 is 4.39 Å². The summed E-state index contributed by atoms with van der Waals surface area (Å²) in [5.74, 6) is 0.172. The lowest BCUT2D eigenvalue weighted by molar-refractivity contribution is 0.619. The Hall–Kier alpha value is -2.24. The van der Waals surface area contributed by atoms with Crippen LogP contribution in [0.15, 0.2) is 24.5 Å². The molecule has 0 atom stereocenters. The summed E-state index contributed by atoms with van der Waals surface area (Å²) < 4.78 is 14.2. The van der Waals surface area contributed by atoms with E-state index in [1.54, 1.807) is 12.3 Å². The number of pyridine rings is 1. The zero-order valence-electron chi connectivity index (χ0n) is 7.48. The molecule has 0 aliphatic carbocycles. The summed E-state index contributed by atoms with van der Waals surface area (Å²) >= 11 is 0. The average Bonchev–Trinajstić information content (AvgIpc) is 2.78. The summed E-state index contributed by atoms with van der Waals surface area (Å²) in [5.41, 5.74) is 1.32. The lowest BCUT2D eigenvalue weighted by atomic mass is 10.4. The second kappa shape index (κ2) is 2.88. The lowest BCUT2D eigenvalue weighted by Gasteiger charge is -1.97. The molecule has 0 fully saturated rings. The van der Waals surface area contributed by atoms with Gasteiger partial charge in [-0.1, -0.05) is 0 Å². The number of rotatable bonds is 1. The van der Waals surface area contributed by atoms with Crippen LogP contribution in [0.4, 0.5) is 4.39 Å². The molecule has 73 valence electrons. The van der Waals surface area contributed by atoms with Crippen LogP contribution in [0.1, 0.15) is 0 Å². The van der Waals surface area contributed by atoms with Crippen molar-refractivity contribution in [3.05, 3.63) is 36.7 Å². The molecule has 0 amide bonds. The van der Waals surface area contributed by atoms with Crippen molar-refractivity contribution in [1.29, 1.82) is 0 Å². The molecule has 0 saturated carbocycles. The van der Waals surface area contributed by atoms with Crippen molar-refractivity contribution in [3.8, 4) is 5.82 Å². The van der Waals surface area contributed by atoms with Crippen molar-refractivity contribution in [3.63, 3.8) is 0 Å². The summed E-state index contributed by atoms with van der Waals surface area (Å²) in [7, 11) is 0. The Labute approximate surface area is 83.6 Å². The van der Waals surface area contributed by atoms with Gasteiger partial charge in [0.05, 0.1) is 12.4 Å². The van der Waals surface area contributed by atoms with Crippen molar-refractivity contribution in [2.24, 2.45) is 0 Å². The predicted molar refractivity (Wildman–Crippen MR) is 49.8 cm³/mol. The number of H-pyrrole nitrogens is 1. The lowest BCUT2D eigenvalue weighted by Crippen LogP contribution is -1.97. The van der Waals surface area contributed by atoms with Gasteiger partial charge in [0, 0.05) is 0 Å². The molecular weight excluding hydrogens is 197 g/mol. The molecule has 0 bridgehead atoms. The van der Waals surface area contributed by atoms with E-state index in [0.717, 1.165) is 11.7 Å². The van der Waals surface area contributed by atoms with Crippen LogP contribution < -0.4 is 0 Å². The van der Waals surface area contributed by atoms with Crippen molar-refractivity contribution in [2.75, 3.05) is 0 Å². The summed E-state index contributed by atoms with van der Waals surface area (Å²) in [5, 5.41) is 4.13. The molecule has 3 aromatic heterocycles. The first-order valence-corrected chi connectivity index (χ1v) is 4.26. The number of hydrogen-bond donors (Lipinski definition) is 1. The number of aromatic nitrogens is 5. The highest BCUT2D eigenvalue weighted by molar-refractivity contribution is 5.69. The van der Waals surface area contributed by atoms with Gasteiger partial charge in [0.15, 0.2) is 17.8 Å². The Morgan fingerprint density at radius 3 is 3.07 bits per heavy atom. The molecule has 3 heterocycles. The van der Waals surface area contributed by atoms with E-state index in [0.29, 0.717) is 11.5 Å². The van der Waals surface area contributed by atoms with Gasteiger partial charge < -0.3 is 4.98 Å². The molecule has 0 spiro atoms. The minimum absolute atomic E-state index is 0.372. The third-order valence-electron chi connectivity index (χ3n) is 1.99. The van der Waals surface area contributed by atoms with Crippen LogP contribution in [0, 0.1) is 12.1 Å². The van der Waals surface area contributed by atoms with Crippen LogP contribution in [0.25, 0.3) is 17.0 Å².